The molecule has 176 valence electrons. The van der Waals surface area contributed by atoms with Gasteiger partial charge in [0.25, 0.3) is 0 Å². The zero-order valence-corrected chi connectivity index (χ0v) is 18.9. The number of urea groups is 1. The summed E-state index contributed by atoms with van der Waals surface area (Å²) in [4.78, 5) is 44.8. The number of carbonyl (C=O) groups excluding carboxylic acids is 3. The molecule has 2 heterocycles. The number of hydrogen-bond donors (Lipinski definition) is 2. The summed E-state index contributed by atoms with van der Waals surface area (Å²) in [7, 11) is 1.28. The van der Waals surface area contributed by atoms with Crippen LogP contribution in [0.1, 0.15) is 30.0 Å². The van der Waals surface area contributed by atoms with E-state index in [1.54, 1.807) is 17.3 Å². The standard InChI is InChI=1S/C24H31N5O4/c1-33-23(31)17-27-24(32)28-13-5-14-29(18-19-8-10-25-11-9-19)21(16-22(30)26-12-15-28)20-6-3-2-4-7-20/h2-4,6-11,21H,5,12-18H2,1H3,(H,26,30)(H,27,32). The van der Waals surface area contributed by atoms with Crippen molar-refractivity contribution in [3.63, 3.8) is 0 Å². The van der Waals surface area contributed by atoms with Crippen LogP contribution in [0, 0.1) is 0 Å². The first-order chi connectivity index (χ1) is 16.1. The third-order valence-corrected chi connectivity index (χ3v) is 5.61. The molecule has 0 aliphatic carbocycles. The molecule has 0 saturated carbocycles. The number of methoxy groups -OCH3 is 1. The molecule has 2 aromatic rings. The zero-order valence-electron chi connectivity index (χ0n) is 18.9. The Kier molecular flexibility index (Phi) is 9.19. The van der Waals surface area contributed by atoms with E-state index in [0.29, 0.717) is 45.6 Å². The van der Waals surface area contributed by atoms with Crippen LogP contribution in [0.25, 0.3) is 0 Å². The van der Waals surface area contributed by atoms with Gasteiger partial charge in [-0.25, -0.2) is 4.79 Å². The smallest absolute Gasteiger partial charge is 0.325 e. The van der Waals surface area contributed by atoms with Crippen molar-refractivity contribution in [1.29, 1.82) is 0 Å². The maximum atomic E-state index is 12.8. The van der Waals surface area contributed by atoms with Crippen molar-refractivity contribution in [2.24, 2.45) is 0 Å². The van der Waals surface area contributed by atoms with Gasteiger partial charge in [-0.3, -0.25) is 19.5 Å². The number of nitrogens with zero attached hydrogens (tertiary/aromatic N) is 3. The summed E-state index contributed by atoms with van der Waals surface area (Å²) in [6.45, 7) is 2.36. The number of pyridine rings is 1. The Morgan fingerprint density at radius 3 is 2.61 bits per heavy atom. The molecule has 3 amide bonds. The number of rotatable bonds is 5. The number of nitrogens with one attached hydrogen (secondary N) is 2. The first-order valence-electron chi connectivity index (χ1n) is 11.1. The zero-order chi connectivity index (χ0) is 23.5. The highest BCUT2D eigenvalue weighted by atomic mass is 16.5. The highest BCUT2D eigenvalue weighted by Gasteiger charge is 2.25. The van der Waals surface area contributed by atoms with Gasteiger partial charge in [-0.15, -0.1) is 0 Å². The molecule has 33 heavy (non-hydrogen) atoms. The number of aromatic nitrogens is 1. The third-order valence-electron chi connectivity index (χ3n) is 5.61. The average Bonchev–Trinajstić information content (AvgIpc) is 2.88. The van der Waals surface area contributed by atoms with Gasteiger partial charge in [0, 0.05) is 57.6 Å². The average molecular weight is 454 g/mol. The summed E-state index contributed by atoms with van der Waals surface area (Å²) in [6, 6.07) is 13.5. The highest BCUT2D eigenvalue weighted by molar-refractivity contribution is 5.81. The first kappa shape index (κ1) is 24.2. The quantitative estimate of drug-likeness (QED) is 0.668. The molecule has 1 aromatic carbocycles. The number of carbonyl (C=O) groups is 3. The minimum Gasteiger partial charge on any atom is -0.468 e. The van der Waals surface area contributed by atoms with E-state index in [4.69, 9.17) is 0 Å². The van der Waals surface area contributed by atoms with Crippen molar-refractivity contribution in [2.75, 3.05) is 39.8 Å². The minimum absolute atomic E-state index is 0.0691. The molecule has 1 saturated heterocycles. The predicted molar refractivity (Wildman–Crippen MR) is 123 cm³/mol. The molecule has 1 unspecified atom stereocenters. The van der Waals surface area contributed by atoms with Gasteiger partial charge < -0.3 is 20.3 Å². The van der Waals surface area contributed by atoms with Gasteiger partial charge in [0.1, 0.15) is 6.54 Å². The Morgan fingerprint density at radius 1 is 1.12 bits per heavy atom. The molecule has 1 fully saturated rings. The van der Waals surface area contributed by atoms with Crippen LogP contribution in [0.5, 0.6) is 0 Å². The molecule has 1 aliphatic rings. The molecule has 0 radical (unpaired) electrons. The van der Waals surface area contributed by atoms with Gasteiger partial charge in [0.05, 0.1) is 7.11 Å². The van der Waals surface area contributed by atoms with E-state index in [0.717, 1.165) is 11.1 Å². The molecule has 3 rings (SSSR count). The maximum Gasteiger partial charge on any atom is 0.325 e. The second kappa shape index (κ2) is 12.5. The molecule has 0 spiro atoms. The molecular weight excluding hydrogens is 422 g/mol. The summed E-state index contributed by atoms with van der Waals surface area (Å²) in [5.74, 6) is -0.579. The number of ether oxygens (including phenoxy) is 1. The van der Waals surface area contributed by atoms with Crippen LogP contribution in [0.15, 0.2) is 54.9 Å². The Morgan fingerprint density at radius 2 is 1.88 bits per heavy atom. The van der Waals surface area contributed by atoms with Gasteiger partial charge in [0.15, 0.2) is 0 Å². The van der Waals surface area contributed by atoms with Gasteiger partial charge in [0.2, 0.25) is 5.91 Å². The largest absolute Gasteiger partial charge is 0.468 e. The Bertz CT molecular complexity index is 910. The topological polar surface area (TPSA) is 104 Å². The van der Waals surface area contributed by atoms with E-state index in [1.165, 1.54) is 7.11 Å². The summed E-state index contributed by atoms with van der Waals surface area (Å²) in [5.41, 5.74) is 2.18. The lowest BCUT2D eigenvalue weighted by Crippen LogP contribution is -2.46. The van der Waals surface area contributed by atoms with Gasteiger partial charge in [-0.05, 0) is 29.7 Å². The lowest BCUT2D eigenvalue weighted by atomic mass is 10.00. The molecule has 9 heteroatoms. The molecule has 1 aromatic heterocycles. The predicted octanol–water partition coefficient (Wildman–Crippen LogP) is 1.72. The molecular formula is C24H31N5O4. The summed E-state index contributed by atoms with van der Waals surface area (Å²) in [5, 5.41) is 5.52. The first-order valence-corrected chi connectivity index (χ1v) is 11.1. The van der Waals surface area contributed by atoms with Crippen LogP contribution in [0.2, 0.25) is 0 Å². The van der Waals surface area contributed by atoms with Crippen molar-refractivity contribution in [1.82, 2.24) is 25.4 Å². The number of hydrogen-bond acceptors (Lipinski definition) is 6. The lowest BCUT2D eigenvalue weighted by Gasteiger charge is -2.32. The van der Waals surface area contributed by atoms with E-state index < -0.39 is 5.97 Å². The van der Waals surface area contributed by atoms with Crippen LogP contribution >= 0.6 is 0 Å². The number of benzene rings is 1. The number of esters is 1. The van der Waals surface area contributed by atoms with Gasteiger partial charge in [-0.1, -0.05) is 30.3 Å². The fraction of sp³-hybridized carbons (Fsp3) is 0.417. The molecule has 1 atom stereocenters. The second-order valence-corrected chi connectivity index (χ2v) is 7.88. The molecule has 0 bridgehead atoms. The molecule has 2 N–H and O–H groups in total. The van der Waals surface area contributed by atoms with E-state index in [2.05, 4.69) is 25.3 Å². The van der Waals surface area contributed by atoms with Crippen LogP contribution in [0.4, 0.5) is 4.79 Å². The number of amides is 3. The minimum atomic E-state index is -0.510. The summed E-state index contributed by atoms with van der Waals surface area (Å²) >= 11 is 0. The van der Waals surface area contributed by atoms with E-state index in [1.807, 2.05) is 42.5 Å². The SMILES string of the molecule is COC(=O)CNC(=O)N1CCCN(Cc2ccncc2)C(c2ccccc2)CC(=O)NCC1. The fourth-order valence-corrected chi connectivity index (χ4v) is 3.89. The summed E-state index contributed by atoms with van der Waals surface area (Å²) in [6.07, 6.45) is 4.57. The van der Waals surface area contributed by atoms with E-state index in [-0.39, 0.29) is 24.5 Å². The van der Waals surface area contributed by atoms with Crippen LogP contribution in [-0.2, 0) is 20.9 Å². The van der Waals surface area contributed by atoms with Crippen molar-refractivity contribution >= 4 is 17.9 Å². The van der Waals surface area contributed by atoms with Gasteiger partial charge >= 0.3 is 12.0 Å². The normalized spacial score (nSPS) is 18.0. The fourth-order valence-electron chi connectivity index (χ4n) is 3.89. The van der Waals surface area contributed by atoms with Gasteiger partial charge in [-0.2, -0.15) is 0 Å². The lowest BCUT2D eigenvalue weighted by molar-refractivity contribution is -0.139. The third kappa shape index (κ3) is 7.57. The van der Waals surface area contributed by atoms with Crippen LogP contribution in [0.3, 0.4) is 0 Å². The van der Waals surface area contributed by atoms with E-state index >= 15 is 0 Å². The van der Waals surface area contributed by atoms with Crippen LogP contribution < -0.4 is 10.6 Å². The monoisotopic (exact) mass is 453 g/mol. The Labute approximate surface area is 194 Å². The molecule has 1 aliphatic heterocycles. The molecule has 9 nitrogen and oxygen atoms in total. The highest BCUT2D eigenvalue weighted by Crippen LogP contribution is 2.27. The van der Waals surface area contributed by atoms with Crippen molar-refractivity contribution in [3.8, 4) is 0 Å². The Hall–Kier alpha value is -3.46. The van der Waals surface area contributed by atoms with Crippen molar-refractivity contribution < 1.29 is 19.1 Å². The Balaban J connectivity index is 1.78. The maximum absolute atomic E-state index is 12.8. The second-order valence-electron chi connectivity index (χ2n) is 7.88. The van der Waals surface area contributed by atoms with Crippen LogP contribution in [-0.4, -0.2) is 72.5 Å². The van der Waals surface area contributed by atoms with Crippen molar-refractivity contribution in [2.45, 2.75) is 25.4 Å². The van der Waals surface area contributed by atoms with Crippen molar-refractivity contribution in [3.05, 3.63) is 66.0 Å². The van der Waals surface area contributed by atoms with E-state index in [9.17, 15) is 14.4 Å². The summed E-state index contributed by atoms with van der Waals surface area (Å²) < 4.78 is 4.58.